The summed E-state index contributed by atoms with van der Waals surface area (Å²) >= 11 is 0. The predicted octanol–water partition coefficient (Wildman–Crippen LogP) is 1.13. The monoisotopic (exact) mass is 220 g/mol. The van der Waals surface area contributed by atoms with Crippen molar-refractivity contribution in [3.63, 3.8) is 0 Å². The van der Waals surface area contributed by atoms with Gasteiger partial charge in [0.2, 0.25) is 5.91 Å². The van der Waals surface area contributed by atoms with E-state index in [4.69, 9.17) is 14.8 Å². The molecular weight excluding hydrogens is 208 g/mol. The van der Waals surface area contributed by atoms with Gasteiger partial charge >= 0.3 is 0 Å². The lowest BCUT2D eigenvalue weighted by atomic mass is 10.1. The van der Waals surface area contributed by atoms with Crippen LogP contribution in [0.4, 0.5) is 0 Å². The molecule has 0 fully saturated rings. The van der Waals surface area contributed by atoms with Crippen molar-refractivity contribution in [1.82, 2.24) is 5.48 Å². The summed E-state index contributed by atoms with van der Waals surface area (Å²) < 4.78 is 5.00. The number of hydrogen-bond donors (Lipinski definition) is 1. The average molecular weight is 220 g/mol. The fourth-order valence-electron chi connectivity index (χ4n) is 1.15. The van der Waals surface area contributed by atoms with Gasteiger partial charge in [-0.1, -0.05) is 6.07 Å². The Bertz CT molecular complexity index is 424. The Labute approximate surface area is 93.5 Å². The third-order valence-corrected chi connectivity index (χ3v) is 1.84. The van der Waals surface area contributed by atoms with E-state index < -0.39 is 0 Å². The summed E-state index contributed by atoms with van der Waals surface area (Å²) in [6, 6.07) is 7.12. The minimum atomic E-state index is -0.269. The molecule has 16 heavy (non-hydrogen) atoms. The number of nitriles is 1. The summed E-state index contributed by atoms with van der Waals surface area (Å²) in [5.74, 6) is 0.250. The molecule has 1 aromatic rings. The quantitative estimate of drug-likeness (QED) is 0.772. The van der Waals surface area contributed by atoms with Gasteiger partial charge in [0.15, 0.2) is 0 Å². The first-order valence-electron chi connectivity index (χ1n) is 4.62. The van der Waals surface area contributed by atoms with E-state index in [0.29, 0.717) is 11.3 Å². The Kier molecular flexibility index (Phi) is 4.30. The third kappa shape index (κ3) is 3.26. The second-order valence-corrected chi connectivity index (χ2v) is 3.09. The maximum Gasteiger partial charge on any atom is 0.240 e. The maximum absolute atomic E-state index is 10.5. The van der Waals surface area contributed by atoms with E-state index in [9.17, 15) is 4.79 Å². The maximum atomic E-state index is 10.5. The fraction of sp³-hybridized carbons (Fsp3) is 0.273. The summed E-state index contributed by atoms with van der Waals surface area (Å²) in [5.41, 5.74) is 3.43. The van der Waals surface area contributed by atoms with E-state index in [1.54, 1.807) is 18.2 Å². The fourth-order valence-corrected chi connectivity index (χ4v) is 1.15. The summed E-state index contributed by atoms with van der Waals surface area (Å²) in [4.78, 5) is 15.5. The van der Waals surface area contributed by atoms with E-state index in [0.717, 1.165) is 5.56 Å². The highest BCUT2D eigenvalue weighted by atomic mass is 16.6. The molecule has 0 aliphatic heterocycles. The van der Waals surface area contributed by atoms with Crippen LogP contribution < -0.4 is 10.2 Å². The van der Waals surface area contributed by atoms with Crippen LogP contribution in [0.25, 0.3) is 0 Å². The van der Waals surface area contributed by atoms with E-state index >= 15 is 0 Å². The SMILES string of the molecule is COc1ccc(CONC(C)=O)cc1C#N. The number of hydroxylamine groups is 1. The van der Waals surface area contributed by atoms with Gasteiger partial charge in [-0.05, 0) is 17.7 Å². The largest absolute Gasteiger partial charge is 0.495 e. The lowest BCUT2D eigenvalue weighted by Gasteiger charge is -2.06. The molecule has 1 N–H and O–H groups in total. The summed E-state index contributed by atoms with van der Waals surface area (Å²) in [6.07, 6.45) is 0. The molecule has 0 aliphatic rings. The zero-order chi connectivity index (χ0) is 12.0. The second kappa shape index (κ2) is 5.73. The van der Waals surface area contributed by atoms with E-state index in [1.165, 1.54) is 14.0 Å². The summed E-state index contributed by atoms with van der Waals surface area (Å²) in [6.45, 7) is 1.56. The molecule has 0 saturated heterocycles. The number of benzene rings is 1. The molecule has 0 aromatic heterocycles. The Morgan fingerprint density at radius 2 is 2.31 bits per heavy atom. The molecule has 0 bridgehead atoms. The van der Waals surface area contributed by atoms with Crippen molar-refractivity contribution in [2.45, 2.75) is 13.5 Å². The predicted molar refractivity (Wildman–Crippen MR) is 56.3 cm³/mol. The van der Waals surface area contributed by atoms with E-state index in [1.807, 2.05) is 6.07 Å². The van der Waals surface area contributed by atoms with Gasteiger partial charge in [-0.3, -0.25) is 9.63 Å². The Balaban J connectivity index is 2.69. The molecule has 0 aliphatic carbocycles. The van der Waals surface area contributed by atoms with Crippen molar-refractivity contribution in [3.05, 3.63) is 29.3 Å². The number of hydrogen-bond acceptors (Lipinski definition) is 4. The van der Waals surface area contributed by atoms with Gasteiger partial charge in [0, 0.05) is 6.92 Å². The van der Waals surface area contributed by atoms with Crippen LogP contribution in [-0.2, 0) is 16.2 Å². The zero-order valence-corrected chi connectivity index (χ0v) is 9.11. The molecular formula is C11H12N2O3. The lowest BCUT2D eigenvalue weighted by molar-refractivity contribution is -0.132. The minimum Gasteiger partial charge on any atom is -0.495 e. The first-order valence-corrected chi connectivity index (χ1v) is 4.62. The number of ether oxygens (including phenoxy) is 1. The van der Waals surface area contributed by atoms with Crippen molar-refractivity contribution in [2.24, 2.45) is 0 Å². The standard InChI is InChI=1S/C11H12N2O3/c1-8(14)13-16-7-9-3-4-11(15-2)10(5-9)6-12/h3-5H,7H2,1-2H3,(H,13,14). The summed E-state index contributed by atoms with van der Waals surface area (Å²) in [7, 11) is 1.50. The van der Waals surface area contributed by atoms with Crippen LogP contribution in [0.15, 0.2) is 18.2 Å². The number of carbonyl (C=O) groups excluding carboxylic acids is 1. The Morgan fingerprint density at radius 3 is 2.88 bits per heavy atom. The zero-order valence-electron chi connectivity index (χ0n) is 9.11. The highest BCUT2D eigenvalue weighted by molar-refractivity contribution is 5.71. The Hall–Kier alpha value is -2.06. The van der Waals surface area contributed by atoms with Gasteiger partial charge in [-0.25, -0.2) is 5.48 Å². The van der Waals surface area contributed by atoms with Crippen LogP contribution in [-0.4, -0.2) is 13.0 Å². The molecule has 5 nitrogen and oxygen atoms in total. The van der Waals surface area contributed by atoms with Crippen LogP contribution in [0.3, 0.4) is 0 Å². The Morgan fingerprint density at radius 1 is 1.56 bits per heavy atom. The van der Waals surface area contributed by atoms with Gasteiger partial charge in [0.05, 0.1) is 19.3 Å². The molecule has 0 saturated carbocycles. The van der Waals surface area contributed by atoms with E-state index in [-0.39, 0.29) is 12.5 Å². The van der Waals surface area contributed by atoms with Crippen molar-refractivity contribution in [1.29, 1.82) is 5.26 Å². The van der Waals surface area contributed by atoms with Crippen molar-refractivity contribution < 1.29 is 14.4 Å². The lowest BCUT2D eigenvalue weighted by Crippen LogP contribution is -2.19. The molecule has 84 valence electrons. The van der Waals surface area contributed by atoms with Crippen LogP contribution in [0.5, 0.6) is 5.75 Å². The van der Waals surface area contributed by atoms with Crippen LogP contribution in [0.1, 0.15) is 18.1 Å². The normalized spacial score (nSPS) is 9.31. The molecule has 1 amide bonds. The third-order valence-electron chi connectivity index (χ3n) is 1.84. The first kappa shape index (κ1) is 12.0. The van der Waals surface area contributed by atoms with Crippen molar-refractivity contribution in [3.8, 4) is 11.8 Å². The summed E-state index contributed by atoms with van der Waals surface area (Å²) in [5, 5.41) is 8.85. The molecule has 0 radical (unpaired) electrons. The van der Waals surface area contributed by atoms with Gasteiger partial charge in [-0.2, -0.15) is 5.26 Å². The van der Waals surface area contributed by atoms with Crippen LogP contribution >= 0.6 is 0 Å². The number of nitrogens with zero attached hydrogens (tertiary/aromatic N) is 1. The number of amides is 1. The number of methoxy groups -OCH3 is 1. The number of nitrogens with one attached hydrogen (secondary N) is 1. The minimum absolute atomic E-state index is 0.207. The van der Waals surface area contributed by atoms with Gasteiger partial charge < -0.3 is 4.74 Å². The number of carbonyl (C=O) groups is 1. The molecule has 0 unspecified atom stereocenters. The average Bonchev–Trinajstić information content (AvgIpc) is 2.28. The molecule has 5 heteroatoms. The first-order chi connectivity index (χ1) is 7.67. The number of rotatable bonds is 4. The highest BCUT2D eigenvalue weighted by Crippen LogP contribution is 2.18. The molecule has 1 aromatic carbocycles. The van der Waals surface area contributed by atoms with E-state index in [2.05, 4.69) is 5.48 Å². The smallest absolute Gasteiger partial charge is 0.240 e. The van der Waals surface area contributed by atoms with Crippen LogP contribution in [0.2, 0.25) is 0 Å². The molecule has 1 rings (SSSR count). The molecule has 0 spiro atoms. The van der Waals surface area contributed by atoms with Gasteiger partial charge in [0.25, 0.3) is 0 Å². The highest BCUT2D eigenvalue weighted by Gasteiger charge is 2.03. The van der Waals surface area contributed by atoms with Crippen molar-refractivity contribution >= 4 is 5.91 Å². The molecule has 0 atom stereocenters. The van der Waals surface area contributed by atoms with Crippen molar-refractivity contribution in [2.75, 3.05) is 7.11 Å². The second-order valence-electron chi connectivity index (χ2n) is 3.09. The molecule has 0 heterocycles. The van der Waals surface area contributed by atoms with Gasteiger partial charge in [0.1, 0.15) is 11.8 Å². The van der Waals surface area contributed by atoms with Gasteiger partial charge in [-0.15, -0.1) is 0 Å². The topological polar surface area (TPSA) is 71.3 Å². The van der Waals surface area contributed by atoms with Crippen LogP contribution in [0, 0.1) is 11.3 Å².